The van der Waals surface area contributed by atoms with E-state index < -0.39 is 17.8 Å². The summed E-state index contributed by atoms with van der Waals surface area (Å²) in [5, 5.41) is 0. The van der Waals surface area contributed by atoms with Gasteiger partial charge in [-0.25, -0.2) is 9.59 Å². The Morgan fingerprint density at radius 1 is 1.00 bits per heavy atom. The highest BCUT2D eigenvalue weighted by Gasteiger charge is 2.58. The van der Waals surface area contributed by atoms with E-state index in [1.807, 2.05) is 23.1 Å². The maximum atomic E-state index is 12.3. The fourth-order valence-corrected chi connectivity index (χ4v) is 6.17. The van der Waals surface area contributed by atoms with Gasteiger partial charge in [0.25, 0.3) is 0 Å². The lowest BCUT2D eigenvalue weighted by molar-refractivity contribution is -0.196. The molecule has 2 unspecified atom stereocenters. The second kappa shape index (κ2) is 8.75. The minimum absolute atomic E-state index is 0.255. The molecule has 0 radical (unpaired) electrons. The average molecular weight is 479 g/mol. The van der Waals surface area contributed by atoms with Gasteiger partial charge in [-0.1, -0.05) is 43.7 Å². The summed E-state index contributed by atoms with van der Waals surface area (Å²) >= 11 is 0. The molecule has 0 N–H and O–H groups in total. The normalized spacial score (nSPS) is 23.7. The van der Waals surface area contributed by atoms with Crippen LogP contribution >= 0.6 is 0 Å². The van der Waals surface area contributed by atoms with Crippen molar-refractivity contribution in [3.05, 3.63) is 53.6 Å². The number of fused-ring (bicyclic) bond motifs is 2. The second-order valence-corrected chi connectivity index (χ2v) is 9.62. The van der Waals surface area contributed by atoms with E-state index in [1.165, 1.54) is 11.1 Å². The van der Waals surface area contributed by atoms with Crippen molar-refractivity contribution in [2.24, 2.45) is 0 Å². The monoisotopic (exact) mass is 478 g/mol. The molecule has 2 fully saturated rings. The zero-order chi connectivity index (χ0) is 24.0. The predicted octanol–water partition coefficient (Wildman–Crippen LogP) is 3.23. The minimum Gasteiger partial charge on any atom is -0.486 e. The average Bonchev–Trinajstić information content (AvgIpc) is 3.42. The molecule has 6 rings (SSSR count). The first-order valence-corrected chi connectivity index (χ1v) is 12.5. The summed E-state index contributed by atoms with van der Waals surface area (Å²) < 4.78 is 23.2. The number of para-hydroxylation sites is 1. The van der Waals surface area contributed by atoms with Crippen LogP contribution in [0.5, 0.6) is 11.5 Å². The van der Waals surface area contributed by atoms with Gasteiger partial charge in [-0.05, 0) is 42.5 Å². The zero-order valence-electron chi connectivity index (χ0n) is 19.9. The molecule has 0 bridgehead atoms. The molecule has 0 saturated carbocycles. The first-order chi connectivity index (χ1) is 17.1. The highest BCUT2D eigenvalue weighted by Crippen LogP contribution is 2.46. The van der Waals surface area contributed by atoms with Crippen molar-refractivity contribution in [1.82, 2.24) is 4.90 Å². The molecule has 2 atom stereocenters. The van der Waals surface area contributed by atoms with E-state index in [0.29, 0.717) is 42.9 Å². The van der Waals surface area contributed by atoms with Crippen LogP contribution in [0, 0.1) is 0 Å². The lowest BCUT2D eigenvalue weighted by Crippen LogP contribution is -2.65. The molecular formula is C27H30N2O6. The van der Waals surface area contributed by atoms with Gasteiger partial charge in [0, 0.05) is 25.0 Å². The third-order valence-corrected chi connectivity index (χ3v) is 7.63. The van der Waals surface area contributed by atoms with Crippen molar-refractivity contribution in [2.45, 2.75) is 50.5 Å². The molecule has 1 spiro atoms. The van der Waals surface area contributed by atoms with Gasteiger partial charge in [0.2, 0.25) is 0 Å². The number of hydrogen-bond acceptors (Lipinski definition) is 8. The van der Waals surface area contributed by atoms with Crippen LogP contribution < -0.4 is 14.4 Å². The summed E-state index contributed by atoms with van der Waals surface area (Å²) in [5.74, 6) is -1.85. The molecule has 3 heterocycles. The summed E-state index contributed by atoms with van der Waals surface area (Å²) in [6.07, 6.45) is 4.21. The smallest absolute Gasteiger partial charge is 0.422 e. The number of ether oxygens (including phenoxy) is 4. The van der Waals surface area contributed by atoms with Crippen LogP contribution in [0.3, 0.4) is 0 Å². The number of piperazine rings is 1. The number of esters is 2. The van der Waals surface area contributed by atoms with Gasteiger partial charge in [0.05, 0.1) is 12.2 Å². The molecular weight excluding hydrogens is 448 g/mol. The largest absolute Gasteiger partial charge is 0.486 e. The van der Waals surface area contributed by atoms with Crippen molar-refractivity contribution in [1.29, 1.82) is 0 Å². The Morgan fingerprint density at radius 2 is 1.80 bits per heavy atom. The number of benzene rings is 2. The number of carbonyl (C=O) groups excluding carboxylic acids is 2. The zero-order valence-corrected chi connectivity index (χ0v) is 19.9. The topological polar surface area (TPSA) is 77.5 Å². The Labute approximate surface area is 204 Å². The Balaban J connectivity index is 1.35. The molecule has 2 saturated heterocycles. The second-order valence-electron chi connectivity index (χ2n) is 9.62. The SMILES string of the molecule is CCCC(C1CCc2ccccc21)N1CCN(c2cccc3c2OCCO3)C2(C1)OC(=O)C(=O)O2. The van der Waals surface area contributed by atoms with Crippen molar-refractivity contribution in [3.63, 3.8) is 0 Å². The van der Waals surface area contributed by atoms with Crippen LogP contribution in [0.2, 0.25) is 0 Å². The van der Waals surface area contributed by atoms with Crippen LogP contribution in [-0.4, -0.2) is 61.6 Å². The summed E-state index contributed by atoms with van der Waals surface area (Å²) in [5.41, 5.74) is 3.52. The van der Waals surface area contributed by atoms with Gasteiger partial charge >= 0.3 is 17.8 Å². The number of nitrogens with zero attached hydrogens (tertiary/aromatic N) is 2. The van der Waals surface area contributed by atoms with Crippen LogP contribution in [0.1, 0.15) is 43.2 Å². The number of carbonyl (C=O) groups is 2. The van der Waals surface area contributed by atoms with E-state index in [-0.39, 0.29) is 12.6 Å². The van der Waals surface area contributed by atoms with Gasteiger partial charge in [-0.15, -0.1) is 0 Å². The van der Waals surface area contributed by atoms with Gasteiger partial charge in [0.15, 0.2) is 11.5 Å². The van der Waals surface area contributed by atoms with Crippen molar-refractivity contribution in [2.75, 3.05) is 37.7 Å². The van der Waals surface area contributed by atoms with Crippen LogP contribution in [0.4, 0.5) is 5.69 Å². The molecule has 0 aromatic heterocycles. The van der Waals surface area contributed by atoms with Gasteiger partial charge in [-0.3, -0.25) is 9.80 Å². The first kappa shape index (κ1) is 22.2. The van der Waals surface area contributed by atoms with Crippen LogP contribution in [0.15, 0.2) is 42.5 Å². The van der Waals surface area contributed by atoms with E-state index in [2.05, 4.69) is 36.1 Å². The third kappa shape index (κ3) is 3.71. The number of rotatable bonds is 5. The van der Waals surface area contributed by atoms with Crippen molar-refractivity contribution >= 4 is 17.6 Å². The molecule has 2 aromatic rings. The van der Waals surface area contributed by atoms with E-state index in [1.54, 1.807) is 0 Å². The molecule has 4 aliphatic rings. The van der Waals surface area contributed by atoms with Gasteiger partial charge in [0.1, 0.15) is 13.2 Å². The van der Waals surface area contributed by atoms with Crippen LogP contribution in [0.25, 0.3) is 0 Å². The summed E-state index contributed by atoms with van der Waals surface area (Å²) in [6, 6.07) is 14.5. The lowest BCUT2D eigenvalue weighted by atomic mass is 9.88. The van der Waals surface area contributed by atoms with Gasteiger partial charge < -0.3 is 18.9 Å². The Bertz CT molecular complexity index is 1130. The van der Waals surface area contributed by atoms with Crippen molar-refractivity contribution in [3.8, 4) is 11.5 Å². The third-order valence-electron chi connectivity index (χ3n) is 7.63. The van der Waals surface area contributed by atoms with E-state index in [9.17, 15) is 9.59 Å². The fraction of sp³-hybridized carbons (Fsp3) is 0.481. The molecule has 35 heavy (non-hydrogen) atoms. The summed E-state index contributed by atoms with van der Waals surface area (Å²) in [7, 11) is 0. The van der Waals surface area contributed by atoms with E-state index in [0.717, 1.165) is 32.2 Å². The molecule has 184 valence electrons. The van der Waals surface area contributed by atoms with E-state index >= 15 is 0 Å². The Kier molecular flexibility index (Phi) is 5.56. The molecule has 0 amide bonds. The van der Waals surface area contributed by atoms with E-state index in [4.69, 9.17) is 18.9 Å². The van der Waals surface area contributed by atoms with Crippen molar-refractivity contribution < 1.29 is 28.5 Å². The lowest BCUT2D eigenvalue weighted by Gasteiger charge is -2.49. The Hall–Kier alpha value is -3.26. The van der Waals surface area contributed by atoms with Gasteiger partial charge in [-0.2, -0.15) is 0 Å². The standard InChI is InChI=1S/C27H30N2O6/c1-2-6-21(20-12-11-18-7-3-4-8-19(18)20)28-13-14-29(27(17-28)34-25(30)26(31)35-27)22-9-5-10-23-24(22)33-16-15-32-23/h3-5,7-10,20-21H,2,6,11-17H2,1H3. The fourth-order valence-electron chi connectivity index (χ4n) is 6.17. The summed E-state index contributed by atoms with van der Waals surface area (Å²) in [6.45, 7) is 4.62. The number of hydrogen-bond donors (Lipinski definition) is 0. The summed E-state index contributed by atoms with van der Waals surface area (Å²) in [4.78, 5) is 28.9. The molecule has 2 aromatic carbocycles. The first-order valence-electron chi connectivity index (χ1n) is 12.5. The highest BCUT2D eigenvalue weighted by atomic mass is 16.8. The molecule has 8 nitrogen and oxygen atoms in total. The maximum Gasteiger partial charge on any atom is 0.422 e. The minimum atomic E-state index is -1.54. The molecule has 3 aliphatic heterocycles. The van der Waals surface area contributed by atoms with Crippen LogP contribution in [-0.2, 0) is 25.5 Å². The Morgan fingerprint density at radius 3 is 2.63 bits per heavy atom. The number of anilines is 1. The quantitative estimate of drug-likeness (QED) is 0.479. The maximum absolute atomic E-state index is 12.3. The molecule has 1 aliphatic carbocycles. The number of aryl methyl sites for hydroxylation is 1. The molecule has 8 heteroatoms. The highest BCUT2D eigenvalue weighted by molar-refractivity contribution is 6.31. The predicted molar refractivity (Wildman–Crippen MR) is 127 cm³/mol.